The fourth-order valence-corrected chi connectivity index (χ4v) is 2.88. The fraction of sp³-hybridized carbons (Fsp3) is 0.538. The van der Waals surface area contributed by atoms with Crippen molar-refractivity contribution in [1.82, 2.24) is 0 Å². The third-order valence-corrected chi connectivity index (χ3v) is 4.08. The van der Waals surface area contributed by atoms with Crippen LogP contribution in [-0.2, 0) is 10.2 Å². The highest BCUT2D eigenvalue weighted by atomic mass is 79.9. The van der Waals surface area contributed by atoms with Crippen molar-refractivity contribution in [3.05, 3.63) is 34.3 Å². The number of aliphatic hydroxyl groups is 1. The van der Waals surface area contributed by atoms with Gasteiger partial charge in [-0.25, -0.2) is 0 Å². The Bertz CT molecular complexity index is 357. The number of benzene rings is 1. The molecule has 1 aromatic rings. The number of ether oxygens (including phenoxy) is 1. The van der Waals surface area contributed by atoms with Crippen LogP contribution >= 0.6 is 15.9 Å². The smallest absolute Gasteiger partial charge is 0.0610 e. The summed E-state index contributed by atoms with van der Waals surface area (Å²) in [6, 6.07) is 8.25. The zero-order valence-electron chi connectivity index (χ0n) is 9.45. The average molecular weight is 285 g/mol. The van der Waals surface area contributed by atoms with Gasteiger partial charge in [0.15, 0.2) is 0 Å². The molecular weight excluding hydrogens is 268 g/mol. The first-order valence-corrected chi connectivity index (χ1v) is 6.46. The van der Waals surface area contributed by atoms with Crippen LogP contribution in [0.3, 0.4) is 0 Å². The summed E-state index contributed by atoms with van der Waals surface area (Å²) < 4.78 is 6.47. The van der Waals surface area contributed by atoms with Crippen LogP contribution in [0.1, 0.15) is 25.3 Å². The van der Waals surface area contributed by atoms with Crippen LogP contribution in [-0.4, -0.2) is 24.4 Å². The van der Waals surface area contributed by atoms with E-state index in [9.17, 15) is 5.11 Å². The Morgan fingerprint density at radius 3 is 2.62 bits per heavy atom. The van der Waals surface area contributed by atoms with E-state index >= 15 is 0 Å². The molecule has 1 fully saturated rings. The van der Waals surface area contributed by atoms with Gasteiger partial charge >= 0.3 is 0 Å². The van der Waals surface area contributed by atoms with Gasteiger partial charge in [0, 0.05) is 23.1 Å². The molecule has 0 radical (unpaired) electrons. The Labute approximate surface area is 105 Å². The maximum Gasteiger partial charge on any atom is 0.0610 e. The zero-order valence-corrected chi connectivity index (χ0v) is 11.0. The Morgan fingerprint density at radius 1 is 1.38 bits per heavy atom. The van der Waals surface area contributed by atoms with Crippen LogP contribution in [0.5, 0.6) is 0 Å². The molecule has 1 atom stereocenters. The second kappa shape index (κ2) is 4.86. The molecule has 1 aliphatic heterocycles. The first-order chi connectivity index (χ1) is 7.65. The van der Waals surface area contributed by atoms with Crippen molar-refractivity contribution in [2.45, 2.75) is 31.3 Å². The third kappa shape index (κ3) is 2.17. The summed E-state index contributed by atoms with van der Waals surface area (Å²) in [4.78, 5) is 0. The maximum atomic E-state index is 10.1. The molecule has 0 aliphatic carbocycles. The normalized spacial score (nSPS) is 21.7. The molecule has 88 valence electrons. The van der Waals surface area contributed by atoms with Crippen LogP contribution in [0.2, 0.25) is 0 Å². The van der Waals surface area contributed by atoms with Crippen molar-refractivity contribution in [3.8, 4) is 0 Å². The van der Waals surface area contributed by atoms with Gasteiger partial charge in [0.1, 0.15) is 0 Å². The lowest BCUT2D eigenvalue weighted by Crippen LogP contribution is -2.42. The molecule has 2 rings (SSSR count). The topological polar surface area (TPSA) is 29.5 Å². The van der Waals surface area contributed by atoms with Gasteiger partial charge < -0.3 is 9.84 Å². The van der Waals surface area contributed by atoms with Gasteiger partial charge in [-0.05, 0) is 37.5 Å². The fourth-order valence-electron chi connectivity index (χ4n) is 2.48. The number of rotatable bonds is 2. The predicted octanol–water partition coefficient (Wildman–Crippen LogP) is 2.88. The lowest BCUT2D eigenvalue weighted by atomic mass is 9.70. The van der Waals surface area contributed by atoms with Crippen LogP contribution < -0.4 is 0 Å². The van der Waals surface area contributed by atoms with Crippen molar-refractivity contribution < 1.29 is 9.84 Å². The standard InChI is InChI=1S/C13H17BrO2/c1-10(15)13(5-7-16-8-6-13)11-3-2-4-12(14)9-11/h2-4,9-10,15H,5-8H2,1H3. The van der Waals surface area contributed by atoms with E-state index < -0.39 is 0 Å². The van der Waals surface area contributed by atoms with E-state index in [1.807, 2.05) is 19.1 Å². The van der Waals surface area contributed by atoms with Gasteiger partial charge in [-0.2, -0.15) is 0 Å². The molecule has 3 heteroatoms. The van der Waals surface area contributed by atoms with Gasteiger partial charge in [0.25, 0.3) is 0 Å². The van der Waals surface area contributed by atoms with E-state index in [2.05, 4.69) is 28.1 Å². The predicted molar refractivity (Wildman–Crippen MR) is 67.6 cm³/mol. The molecule has 1 unspecified atom stereocenters. The van der Waals surface area contributed by atoms with E-state index in [4.69, 9.17) is 4.74 Å². The van der Waals surface area contributed by atoms with E-state index in [-0.39, 0.29) is 11.5 Å². The average Bonchev–Trinajstić information content (AvgIpc) is 2.30. The molecule has 1 saturated heterocycles. The lowest BCUT2D eigenvalue weighted by molar-refractivity contribution is -0.00840. The van der Waals surface area contributed by atoms with Crippen molar-refractivity contribution in [1.29, 1.82) is 0 Å². The molecular formula is C13H17BrO2. The molecule has 1 N–H and O–H groups in total. The van der Waals surface area contributed by atoms with Crippen molar-refractivity contribution in [3.63, 3.8) is 0 Å². The van der Waals surface area contributed by atoms with Gasteiger partial charge in [0.05, 0.1) is 6.10 Å². The number of hydrogen-bond acceptors (Lipinski definition) is 2. The van der Waals surface area contributed by atoms with Gasteiger partial charge in [-0.1, -0.05) is 28.1 Å². The molecule has 16 heavy (non-hydrogen) atoms. The summed E-state index contributed by atoms with van der Waals surface area (Å²) >= 11 is 3.49. The van der Waals surface area contributed by atoms with Crippen LogP contribution in [0.15, 0.2) is 28.7 Å². The van der Waals surface area contributed by atoms with Gasteiger partial charge in [0.2, 0.25) is 0 Å². The molecule has 0 spiro atoms. The summed E-state index contributed by atoms with van der Waals surface area (Å²) in [6.07, 6.45) is 1.44. The highest BCUT2D eigenvalue weighted by Gasteiger charge is 2.38. The van der Waals surface area contributed by atoms with Crippen LogP contribution in [0.25, 0.3) is 0 Å². The Kier molecular flexibility index (Phi) is 3.67. The Hall–Kier alpha value is -0.380. The molecule has 1 aromatic carbocycles. The highest BCUT2D eigenvalue weighted by Crippen LogP contribution is 2.38. The third-order valence-electron chi connectivity index (χ3n) is 3.58. The first kappa shape index (κ1) is 12.1. The first-order valence-electron chi connectivity index (χ1n) is 5.67. The monoisotopic (exact) mass is 284 g/mol. The Balaban J connectivity index is 2.38. The summed E-state index contributed by atoms with van der Waals surface area (Å²) in [5.41, 5.74) is 1.07. The summed E-state index contributed by atoms with van der Waals surface area (Å²) in [7, 11) is 0. The highest BCUT2D eigenvalue weighted by molar-refractivity contribution is 9.10. The molecule has 2 nitrogen and oxygen atoms in total. The minimum absolute atomic E-state index is 0.137. The minimum Gasteiger partial charge on any atom is -0.392 e. The minimum atomic E-state index is -0.342. The SMILES string of the molecule is CC(O)C1(c2cccc(Br)c2)CCOCC1. The summed E-state index contributed by atoms with van der Waals surface area (Å²) in [5.74, 6) is 0. The van der Waals surface area contributed by atoms with Crippen molar-refractivity contribution in [2.75, 3.05) is 13.2 Å². The molecule has 0 bridgehead atoms. The molecule has 0 amide bonds. The lowest BCUT2D eigenvalue weighted by Gasteiger charge is -2.40. The number of halogens is 1. The molecule has 1 heterocycles. The van der Waals surface area contributed by atoms with E-state index in [1.165, 1.54) is 5.56 Å². The summed E-state index contributed by atoms with van der Waals surface area (Å²) in [6.45, 7) is 3.35. The molecule has 0 saturated carbocycles. The largest absolute Gasteiger partial charge is 0.392 e. The maximum absolute atomic E-state index is 10.1. The van der Waals surface area contributed by atoms with Crippen molar-refractivity contribution in [2.24, 2.45) is 0 Å². The second-order valence-electron chi connectivity index (χ2n) is 4.45. The van der Waals surface area contributed by atoms with Crippen LogP contribution in [0.4, 0.5) is 0 Å². The van der Waals surface area contributed by atoms with Crippen LogP contribution in [0, 0.1) is 0 Å². The van der Waals surface area contributed by atoms with E-state index in [1.54, 1.807) is 0 Å². The molecule has 0 aromatic heterocycles. The second-order valence-corrected chi connectivity index (χ2v) is 5.37. The van der Waals surface area contributed by atoms with Gasteiger partial charge in [-0.3, -0.25) is 0 Å². The van der Waals surface area contributed by atoms with Gasteiger partial charge in [-0.15, -0.1) is 0 Å². The van der Waals surface area contributed by atoms with Crippen molar-refractivity contribution >= 4 is 15.9 Å². The van der Waals surface area contributed by atoms with E-state index in [0.717, 1.165) is 30.5 Å². The summed E-state index contributed by atoms with van der Waals surface area (Å²) in [5, 5.41) is 10.1. The number of hydrogen-bond donors (Lipinski definition) is 1. The zero-order chi connectivity index (χ0) is 11.6. The number of aliphatic hydroxyl groups excluding tert-OH is 1. The Morgan fingerprint density at radius 2 is 2.06 bits per heavy atom. The van der Waals surface area contributed by atoms with E-state index in [0.29, 0.717) is 0 Å². The molecule has 1 aliphatic rings. The quantitative estimate of drug-likeness (QED) is 0.905.